The maximum absolute atomic E-state index is 12.2. The van der Waals surface area contributed by atoms with Crippen molar-refractivity contribution >= 4 is 23.9 Å². The van der Waals surface area contributed by atoms with Gasteiger partial charge >= 0.3 is 23.9 Å². The molecule has 3 unspecified atom stereocenters. The second-order valence-corrected chi connectivity index (χ2v) is 17.9. The van der Waals surface area contributed by atoms with Crippen LogP contribution >= 0.6 is 0 Å². The molecule has 51 heavy (non-hydrogen) atoms. The molecule has 2 rings (SSSR count). The molecule has 10 nitrogen and oxygen atoms in total. The van der Waals surface area contributed by atoms with E-state index in [0.717, 1.165) is 83.7 Å². The number of nitrogens with zero attached hydrogens (tertiary/aromatic N) is 2. The van der Waals surface area contributed by atoms with E-state index in [-0.39, 0.29) is 58.7 Å². The van der Waals surface area contributed by atoms with Gasteiger partial charge in [0.25, 0.3) is 0 Å². The van der Waals surface area contributed by atoms with Crippen molar-refractivity contribution < 1.29 is 39.2 Å². The molecule has 2 heterocycles. The summed E-state index contributed by atoms with van der Waals surface area (Å²) in [5.41, 5.74) is 0.122. The number of carbonyl (C=O) groups excluding carboxylic acids is 1. The van der Waals surface area contributed by atoms with Gasteiger partial charge in [-0.05, 0) is 116 Å². The molecule has 298 valence electrons. The SMILES string of the molecule is CN1CCC(C)(C(CCCCC(=O)O)CCCC(=O)O)C(C)(C)C1(C)C.CN1CCC(OC(=O)CCCCCCCCC(=O)O)C(C)(C)C1(C)C. The molecule has 0 aromatic rings. The Bertz CT molecular complexity index is 1120. The molecule has 2 saturated heterocycles. The maximum Gasteiger partial charge on any atom is 0.306 e. The zero-order valence-electron chi connectivity index (χ0n) is 34.4. The first-order valence-electron chi connectivity index (χ1n) is 19.7. The average Bonchev–Trinajstić information content (AvgIpc) is 3.02. The Hall–Kier alpha value is -2.20. The molecule has 0 amide bonds. The molecule has 0 saturated carbocycles. The fraction of sp³-hybridized carbons (Fsp3) is 0.902. The van der Waals surface area contributed by atoms with Crippen LogP contribution in [0.5, 0.6) is 0 Å². The van der Waals surface area contributed by atoms with Crippen molar-refractivity contribution in [2.75, 3.05) is 27.2 Å². The Morgan fingerprint density at radius 3 is 1.57 bits per heavy atom. The van der Waals surface area contributed by atoms with Crippen LogP contribution in [0.3, 0.4) is 0 Å². The number of esters is 1. The lowest BCUT2D eigenvalue weighted by Gasteiger charge is -2.64. The summed E-state index contributed by atoms with van der Waals surface area (Å²) in [6.07, 6.45) is 13.0. The molecule has 2 aliphatic heterocycles. The summed E-state index contributed by atoms with van der Waals surface area (Å²) in [5, 5.41) is 26.5. The molecule has 0 radical (unpaired) electrons. The first-order valence-corrected chi connectivity index (χ1v) is 19.7. The molecule has 0 aromatic heterocycles. The monoisotopic (exact) mass is 725 g/mol. The van der Waals surface area contributed by atoms with Crippen LogP contribution in [0.4, 0.5) is 0 Å². The molecule has 3 N–H and O–H groups in total. The number of hydrogen-bond donors (Lipinski definition) is 3. The van der Waals surface area contributed by atoms with Gasteiger partial charge in [0.2, 0.25) is 0 Å². The largest absolute Gasteiger partial charge is 0.481 e. The van der Waals surface area contributed by atoms with E-state index in [1.165, 1.54) is 0 Å². The molecule has 2 fully saturated rings. The van der Waals surface area contributed by atoms with Gasteiger partial charge in [0.15, 0.2) is 0 Å². The quantitative estimate of drug-likeness (QED) is 0.0822. The Morgan fingerprint density at radius 1 is 0.608 bits per heavy atom. The minimum absolute atomic E-state index is 0.00779. The summed E-state index contributed by atoms with van der Waals surface area (Å²) >= 11 is 0. The fourth-order valence-corrected chi connectivity index (χ4v) is 8.34. The molecular formula is C41H76N2O8. The molecular weight excluding hydrogens is 648 g/mol. The number of likely N-dealkylation sites (tertiary alicyclic amines) is 2. The lowest BCUT2D eigenvalue weighted by molar-refractivity contribution is -0.171. The Labute approximate surface area is 310 Å². The normalized spacial score (nSPS) is 24.5. The van der Waals surface area contributed by atoms with Crippen LogP contribution in [0.1, 0.15) is 171 Å². The number of hydrogen-bond acceptors (Lipinski definition) is 7. The van der Waals surface area contributed by atoms with E-state index in [0.29, 0.717) is 25.2 Å². The summed E-state index contributed by atoms with van der Waals surface area (Å²) in [7, 11) is 4.32. The van der Waals surface area contributed by atoms with E-state index < -0.39 is 17.9 Å². The van der Waals surface area contributed by atoms with Gasteiger partial charge in [-0.2, -0.15) is 0 Å². The maximum atomic E-state index is 12.2. The van der Waals surface area contributed by atoms with Gasteiger partial charge in [-0.15, -0.1) is 0 Å². The van der Waals surface area contributed by atoms with Crippen molar-refractivity contribution in [2.45, 2.75) is 189 Å². The van der Waals surface area contributed by atoms with E-state index in [1.54, 1.807) is 0 Å². The van der Waals surface area contributed by atoms with Gasteiger partial charge < -0.3 is 29.9 Å². The molecule has 0 aliphatic carbocycles. The third kappa shape index (κ3) is 13.0. The smallest absolute Gasteiger partial charge is 0.306 e. The first kappa shape index (κ1) is 46.8. The fourth-order valence-electron chi connectivity index (χ4n) is 8.34. The van der Waals surface area contributed by atoms with Gasteiger partial charge in [-0.3, -0.25) is 19.2 Å². The van der Waals surface area contributed by atoms with E-state index in [9.17, 15) is 19.2 Å². The number of rotatable bonds is 20. The van der Waals surface area contributed by atoms with Crippen molar-refractivity contribution in [1.29, 1.82) is 0 Å². The summed E-state index contributed by atoms with van der Waals surface area (Å²) in [5.74, 6) is -1.85. The number of ether oxygens (including phenoxy) is 1. The Balaban J connectivity index is 0.000000510. The lowest BCUT2D eigenvalue weighted by Crippen LogP contribution is -2.65. The van der Waals surface area contributed by atoms with Crippen LogP contribution in [0.2, 0.25) is 0 Å². The molecule has 0 spiro atoms. The van der Waals surface area contributed by atoms with Crippen LogP contribution in [-0.2, 0) is 23.9 Å². The van der Waals surface area contributed by atoms with Crippen LogP contribution in [0.15, 0.2) is 0 Å². The average molecular weight is 725 g/mol. The standard InChI is InChI=1S/C21H39NO4.C20H37NO4/c1-19(2)20(3,4)22(6)15-14-21(19,5)16(11-9-13-18(25)26)10-7-8-12-17(23)24;1-19(2)16(14-15-21(5)20(19,3)4)25-18(24)13-11-9-7-6-8-10-12-17(22)23/h16H,7-15H2,1-6H3,(H,23,24)(H,25,26);16H,6-15H2,1-5H3,(H,22,23). The van der Waals surface area contributed by atoms with Gasteiger partial charge in [-0.1, -0.05) is 66.7 Å². The van der Waals surface area contributed by atoms with Crippen molar-refractivity contribution in [3.05, 3.63) is 0 Å². The number of carboxylic acids is 3. The van der Waals surface area contributed by atoms with E-state index in [2.05, 4.69) is 86.2 Å². The van der Waals surface area contributed by atoms with Crippen molar-refractivity contribution in [1.82, 2.24) is 9.80 Å². The number of aliphatic carboxylic acids is 3. The Kier molecular flexibility index (Phi) is 18.6. The van der Waals surface area contributed by atoms with E-state index >= 15 is 0 Å². The summed E-state index contributed by atoms with van der Waals surface area (Å²) in [4.78, 5) is 49.2. The minimum atomic E-state index is -0.737. The number of carbonyl (C=O) groups is 4. The van der Waals surface area contributed by atoms with Gasteiger partial charge in [0.05, 0.1) is 0 Å². The zero-order chi connectivity index (χ0) is 39.3. The van der Waals surface area contributed by atoms with E-state index in [4.69, 9.17) is 20.1 Å². The van der Waals surface area contributed by atoms with Crippen LogP contribution in [0.25, 0.3) is 0 Å². The Morgan fingerprint density at radius 2 is 1.04 bits per heavy atom. The molecule has 10 heteroatoms. The first-order chi connectivity index (χ1) is 23.4. The summed E-state index contributed by atoms with van der Waals surface area (Å²) in [6.45, 7) is 22.5. The van der Waals surface area contributed by atoms with Crippen molar-refractivity contribution in [3.8, 4) is 0 Å². The van der Waals surface area contributed by atoms with Crippen molar-refractivity contribution in [3.63, 3.8) is 0 Å². The van der Waals surface area contributed by atoms with Crippen molar-refractivity contribution in [2.24, 2.45) is 22.2 Å². The third-order valence-corrected chi connectivity index (χ3v) is 14.3. The minimum Gasteiger partial charge on any atom is -0.481 e. The van der Waals surface area contributed by atoms with Gasteiger partial charge in [0.1, 0.15) is 6.10 Å². The molecule has 2 aliphatic rings. The predicted octanol–water partition coefficient (Wildman–Crippen LogP) is 8.89. The van der Waals surface area contributed by atoms with Crippen LogP contribution < -0.4 is 0 Å². The topological polar surface area (TPSA) is 145 Å². The van der Waals surface area contributed by atoms with Gasteiger partial charge in [-0.25, -0.2) is 0 Å². The highest BCUT2D eigenvalue weighted by Gasteiger charge is 2.57. The molecule has 0 bridgehead atoms. The lowest BCUT2D eigenvalue weighted by atomic mass is 9.48. The highest BCUT2D eigenvalue weighted by molar-refractivity contribution is 5.69. The number of unbranched alkanes of at least 4 members (excludes halogenated alkanes) is 6. The van der Waals surface area contributed by atoms with Crippen LogP contribution in [-0.4, -0.2) is 93.4 Å². The van der Waals surface area contributed by atoms with E-state index in [1.807, 2.05) is 0 Å². The summed E-state index contributed by atoms with van der Waals surface area (Å²) in [6, 6.07) is 0. The zero-order valence-corrected chi connectivity index (χ0v) is 34.4. The van der Waals surface area contributed by atoms with Crippen LogP contribution in [0, 0.1) is 22.2 Å². The predicted molar refractivity (Wildman–Crippen MR) is 204 cm³/mol. The van der Waals surface area contributed by atoms with Gasteiger partial charge in [0, 0.05) is 48.7 Å². The third-order valence-electron chi connectivity index (χ3n) is 14.3. The highest BCUT2D eigenvalue weighted by atomic mass is 16.5. The number of carboxylic acid groups (broad SMARTS) is 3. The second kappa shape index (κ2) is 20.3. The summed E-state index contributed by atoms with van der Waals surface area (Å²) < 4.78 is 5.83. The molecule has 3 atom stereocenters. The number of piperidine rings is 2. The molecule has 0 aromatic carbocycles. The highest BCUT2D eigenvalue weighted by Crippen LogP contribution is 2.59. The second-order valence-electron chi connectivity index (χ2n) is 17.9.